The van der Waals surface area contributed by atoms with Crippen molar-refractivity contribution in [2.75, 3.05) is 5.73 Å². The van der Waals surface area contributed by atoms with E-state index in [1.807, 2.05) is 0 Å². The Balaban J connectivity index is 2.60. The molecule has 84 valence electrons. The molecule has 1 aromatic carbocycles. The summed E-state index contributed by atoms with van der Waals surface area (Å²) in [6.45, 7) is 0. The molecule has 0 aliphatic heterocycles. The summed E-state index contributed by atoms with van der Waals surface area (Å²) in [5.74, 6) is -2.93. The summed E-state index contributed by atoms with van der Waals surface area (Å²) in [5, 5.41) is 3.87. The average Bonchev–Trinajstić information content (AvgIpc) is 2.53. The number of nitrogens with two attached hydrogens (primary N) is 1. The number of hydrogen-bond acceptors (Lipinski definition) is 2. The first-order valence-electron chi connectivity index (χ1n) is 4.43. The van der Waals surface area contributed by atoms with Gasteiger partial charge in [-0.3, -0.25) is 4.68 Å². The van der Waals surface area contributed by atoms with Crippen LogP contribution < -0.4 is 5.73 Å². The van der Waals surface area contributed by atoms with Crippen molar-refractivity contribution in [3.63, 3.8) is 0 Å². The van der Waals surface area contributed by atoms with Gasteiger partial charge in [-0.2, -0.15) is 5.10 Å². The van der Waals surface area contributed by atoms with Gasteiger partial charge in [0.2, 0.25) is 0 Å². The Bertz CT molecular complexity index is 529. The van der Waals surface area contributed by atoms with Gasteiger partial charge in [-0.05, 0) is 6.07 Å². The van der Waals surface area contributed by atoms with Gasteiger partial charge in [0.05, 0.1) is 5.69 Å². The Hall–Kier alpha value is -1.98. The van der Waals surface area contributed by atoms with Gasteiger partial charge in [-0.1, -0.05) is 0 Å². The van der Waals surface area contributed by atoms with Gasteiger partial charge in [0.25, 0.3) is 0 Å². The van der Waals surface area contributed by atoms with E-state index in [4.69, 9.17) is 5.73 Å². The molecule has 0 aliphatic carbocycles. The highest BCUT2D eigenvalue weighted by molar-refractivity contribution is 5.63. The number of nitrogen functional groups attached to an aromatic ring is 1. The molecule has 1 aromatic heterocycles. The fourth-order valence-corrected chi connectivity index (χ4v) is 1.33. The molecule has 0 bridgehead atoms. The van der Waals surface area contributed by atoms with E-state index < -0.39 is 17.5 Å². The molecule has 0 spiro atoms. The zero-order valence-electron chi connectivity index (χ0n) is 8.34. The largest absolute Gasteiger partial charge is 0.384 e. The lowest BCUT2D eigenvalue weighted by atomic mass is 10.1. The summed E-state index contributed by atoms with van der Waals surface area (Å²) < 4.78 is 40.3. The Labute approximate surface area is 89.3 Å². The van der Waals surface area contributed by atoms with E-state index in [9.17, 15) is 13.2 Å². The van der Waals surface area contributed by atoms with E-state index >= 15 is 0 Å². The van der Waals surface area contributed by atoms with Crippen molar-refractivity contribution in [3.8, 4) is 11.3 Å². The highest BCUT2D eigenvalue weighted by Crippen LogP contribution is 2.25. The first-order valence-corrected chi connectivity index (χ1v) is 4.43. The quantitative estimate of drug-likeness (QED) is 0.758. The summed E-state index contributed by atoms with van der Waals surface area (Å²) >= 11 is 0. The molecular formula is C10H8F3N3. The maximum Gasteiger partial charge on any atom is 0.161 e. The van der Waals surface area contributed by atoms with E-state index in [2.05, 4.69) is 5.10 Å². The molecule has 0 fully saturated rings. The number of aromatic nitrogens is 2. The molecule has 0 saturated heterocycles. The molecule has 0 radical (unpaired) electrons. The molecule has 6 heteroatoms. The Morgan fingerprint density at radius 2 is 1.69 bits per heavy atom. The number of nitrogens with zero attached hydrogens (tertiary/aromatic N) is 2. The molecule has 0 unspecified atom stereocenters. The van der Waals surface area contributed by atoms with E-state index in [1.165, 1.54) is 10.7 Å². The van der Waals surface area contributed by atoms with Crippen molar-refractivity contribution in [3.05, 3.63) is 35.7 Å². The van der Waals surface area contributed by atoms with Crippen LogP contribution in [0.4, 0.5) is 19.0 Å². The van der Waals surface area contributed by atoms with Gasteiger partial charge < -0.3 is 5.73 Å². The lowest BCUT2D eigenvalue weighted by Crippen LogP contribution is -1.97. The second-order valence-corrected chi connectivity index (χ2v) is 3.32. The second-order valence-electron chi connectivity index (χ2n) is 3.32. The molecule has 3 nitrogen and oxygen atoms in total. The van der Waals surface area contributed by atoms with Crippen LogP contribution in [-0.2, 0) is 7.05 Å². The summed E-state index contributed by atoms with van der Waals surface area (Å²) in [6, 6.07) is 2.62. The Kier molecular flexibility index (Phi) is 2.34. The zero-order valence-corrected chi connectivity index (χ0v) is 8.34. The average molecular weight is 227 g/mol. The normalized spacial score (nSPS) is 10.8. The van der Waals surface area contributed by atoms with Gasteiger partial charge in [0.1, 0.15) is 11.6 Å². The van der Waals surface area contributed by atoms with Gasteiger partial charge in [0.15, 0.2) is 11.6 Å². The molecule has 0 saturated carbocycles. The standard InChI is InChI=1S/C10H8F3N3/c1-16-10(14)4-9(15-16)5-2-7(12)8(13)3-6(5)11/h2-4H,14H2,1H3. The van der Waals surface area contributed by atoms with Crippen LogP contribution in [0.15, 0.2) is 18.2 Å². The van der Waals surface area contributed by atoms with E-state index in [1.54, 1.807) is 7.05 Å². The van der Waals surface area contributed by atoms with E-state index in [-0.39, 0.29) is 11.3 Å². The fourth-order valence-electron chi connectivity index (χ4n) is 1.33. The monoisotopic (exact) mass is 227 g/mol. The minimum atomic E-state index is -1.23. The molecule has 1 heterocycles. The lowest BCUT2D eigenvalue weighted by molar-refractivity contribution is 0.496. The van der Waals surface area contributed by atoms with Crippen molar-refractivity contribution in [2.45, 2.75) is 0 Å². The SMILES string of the molecule is Cn1nc(-c2cc(F)c(F)cc2F)cc1N. The van der Waals surface area contributed by atoms with Crippen molar-refractivity contribution in [1.82, 2.24) is 9.78 Å². The summed E-state index contributed by atoms with van der Waals surface area (Å²) in [7, 11) is 1.57. The number of rotatable bonds is 1. The Morgan fingerprint density at radius 3 is 2.25 bits per heavy atom. The third-order valence-electron chi connectivity index (χ3n) is 2.20. The van der Waals surface area contributed by atoms with Crippen LogP contribution in [0, 0.1) is 17.5 Å². The van der Waals surface area contributed by atoms with Gasteiger partial charge >= 0.3 is 0 Å². The van der Waals surface area contributed by atoms with Crippen molar-refractivity contribution < 1.29 is 13.2 Å². The maximum absolute atomic E-state index is 13.4. The zero-order chi connectivity index (χ0) is 11.9. The predicted molar refractivity (Wildman–Crippen MR) is 52.9 cm³/mol. The summed E-state index contributed by atoms with van der Waals surface area (Å²) in [6.07, 6.45) is 0. The number of hydrogen-bond donors (Lipinski definition) is 1. The summed E-state index contributed by atoms with van der Waals surface area (Å²) in [4.78, 5) is 0. The van der Waals surface area contributed by atoms with Gasteiger partial charge in [-0.15, -0.1) is 0 Å². The molecule has 2 aromatic rings. The highest BCUT2D eigenvalue weighted by atomic mass is 19.2. The first-order chi connectivity index (χ1) is 7.49. The third kappa shape index (κ3) is 1.62. The van der Waals surface area contributed by atoms with Crippen LogP contribution in [-0.4, -0.2) is 9.78 Å². The van der Waals surface area contributed by atoms with Crippen molar-refractivity contribution >= 4 is 5.82 Å². The minimum absolute atomic E-state index is 0.119. The Morgan fingerprint density at radius 1 is 1.06 bits per heavy atom. The molecule has 0 atom stereocenters. The van der Waals surface area contributed by atoms with Crippen LogP contribution in [0.1, 0.15) is 0 Å². The lowest BCUT2D eigenvalue weighted by Gasteiger charge is -2.00. The molecular weight excluding hydrogens is 219 g/mol. The highest BCUT2D eigenvalue weighted by Gasteiger charge is 2.14. The van der Waals surface area contributed by atoms with Crippen LogP contribution in [0.25, 0.3) is 11.3 Å². The van der Waals surface area contributed by atoms with Gasteiger partial charge in [-0.25, -0.2) is 13.2 Å². The van der Waals surface area contributed by atoms with Crippen LogP contribution in [0.2, 0.25) is 0 Å². The number of halogens is 3. The maximum atomic E-state index is 13.4. The van der Waals surface area contributed by atoms with Gasteiger partial charge in [0, 0.05) is 24.7 Å². The summed E-state index contributed by atoms with van der Waals surface area (Å²) in [5.41, 5.74) is 5.55. The topological polar surface area (TPSA) is 43.8 Å². The van der Waals surface area contributed by atoms with Crippen LogP contribution >= 0.6 is 0 Å². The van der Waals surface area contributed by atoms with Crippen LogP contribution in [0.5, 0.6) is 0 Å². The third-order valence-corrected chi connectivity index (χ3v) is 2.20. The molecule has 0 aliphatic rings. The van der Waals surface area contributed by atoms with E-state index in [0.717, 1.165) is 6.07 Å². The molecule has 0 amide bonds. The second kappa shape index (κ2) is 3.55. The first kappa shape index (κ1) is 10.5. The van der Waals surface area contributed by atoms with Crippen molar-refractivity contribution in [2.24, 2.45) is 7.05 Å². The molecule has 16 heavy (non-hydrogen) atoms. The smallest absolute Gasteiger partial charge is 0.161 e. The number of anilines is 1. The molecule has 2 rings (SSSR count). The van der Waals surface area contributed by atoms with E-state index in [0.29, 0.717) is 11.9 Å². The van der Waals surface area contributed by atoms with Crippen molar-refractivity contribution in [1.29, 1.82) is 0 Å². The fraction of sp³-hybridized carbons (Fsp3) is 0.100. The van der Waals surface area contributed by atoms with Crippen LogP contribution in [0.3, 0.4) is 0 Å². The minimum Gasteiger partial charge on any atom is -0.384 e. The predicted octanol–water partition coefficient (Wildman–Crippen LogP) is 2.09. The number of benzene rings is 1. The molecule has 2 N–H and O–H groups in total. The number of aryl methyl sites for hydroxylation is 1.